The molecule has 0 spiro atoms. The second-order valence-electron chi connectivity index (χ2n) is 4.17. The van der Waals surface area contributed by atoms with E-state index in [2.05, 4.69) is 4.98 Å². The molecule has 1 aliphatic rings. The maximum atomic E-state index is 10.5. The minimum Gasteiger partial charge on any atom is -0.481 e. The van der Waals surface area contributed by atoms with Crippen LogP contribution < -0.4 is 0 Å². The van der Waals surface area contributed by atoms with Crippen LogP contribution >= 0.6 is 0 Å². The topological polar surface area (TPSA) is 68.7 Å². The van der Waals surface area contributed by atoms with Crippen LogP contribution in [0, 0.1) is 0 Å². The van der Waals surface area contributed by atoms with E-state index in [1.54, 1.807) is 12.4 Å². The molecule has 0 aliphatic carbocycles. The van der Waals surface area contributed by atoms with Crippen molar-refractivity contribution in [1.29, 1.82) is 0 Å². The first-order valence-electron chi connectivity index (χ1n) is 5.54. The van der Waals surface area contributed by atoms with E-state index in [0.29, 0.717) is 13.0 Å². The highest BCUT2D eigenvalue weighted by Gasteiger charge is 2.38. The van der Waals surface area contributed by atoms with Gasteiger partial charge < -0.3 is 14.6 Å². The molecule has 2 rings (SSSR count). The monoisotopic (exact) mass is 237 g/mol. The molecular formula is C12H15NO4. The highest BCUT2D eigenvalue weighted by Crippen LogP contribution is 2.34. The minimum absolute atomic E-state index is 0.0944. The average Bonchev–Trinajstić information content (AvgIpc) is 2.71. The normalized spacial score (nSPS) is 28.2. The van der Waals surface area contributed by atoms with E-state index in [4.69, 9.17) is 14.6 Å². The van der Waals surface area contributed by atoms with Gasteiger partial charge in [-0.3, -0.25) is 9.78 Å². The number of carboxylic acids is 1. The Kier molecular flexibility index (Phi) is 3.40. The maximum Gasteiger partial charge on any atom is 0.303 e. The summed E-state index contributed by atoms with van der Waals surface area (Å²) in [5.41, 5.74) is 0.845. The number of nitrogens with zero attached hydrogens (tertiary/aromatic N) is 1. The molecule has 1 N–H and O–H groups in total. The molecule has 0 amide bonds. The van der Waals surface area contributed by atoms with Crippen LogP contribution in [0.25, 0.3) is 0 Å². The molecule has 0 aromatic carbocycles. The van der Waals surface area contributed by atoms with E-state index in [1.807, 2.05) is 19.1 Å². The minimum atomic E-state index is -0.816. The largest absolute Gasteiger partial charge is 0.481 e. The Bertz CT molecular complexity index is 395. The summed E-state index contributed by atoms with van der Waals surface area (Å²) >= 11 is 0. The Labute approximate surface area is 99.4 Å². The summed E-state index contributed by atoms with van der Waals surface area (Å²) in [5, 5.41) is 8.61. The zero-order valence-corrected chi connectivity index (χ0v) is 9.63. The van der Waals surface area contributed by atoms with Gasteiger partial charge >= 0.3 is 5.97 Å². The second kappa shape index (κ2) is 4.81. The molecular weight excluding hydrogens is 222 g/mol. The van der Waals surface area contributed by atoms with Gasteiger partial charge in [0.2, 0.25) is 0 Å². The molecule has 0 bridgehead atoms. The Morgan fingerprint density at radius 3 is 3.18 bits per heavy atom. The van der Waals surface area contributed by atoms with Gasteiger partial charge in [-0.05, 0) is 19.4 Å². The second-order valence-corrected chi connectivity index (χ2v) is 4.17. The van der Waals surface area contributed by atoms with Crippen molar-refractivity contribution in [3.05, 3.63) is 30.1 Å². The number of ether oxygens (including phenoxy) is 2. The van der Waals surface area contributed by atoms with Crippen molar-refractivity contribution < 1.29 is 19.4 Å². The third-order valence-electron chi connectivity index (χ3n) is 2.80. The van der Waals surface area contributed by atoms with Crippen molar-refractivity contribution in [2.24, 2.45) is 0 Å². The predicted octanol–water partition coefficient (Wildman–Crippen LogP) is 1.53. The van der Waals surface area contributed by atoms with Crippen molar-refractivity contribution in [2.45, 2.75) is 31.7 Å². The van der Waals surface area contributed by atoms with Gasteiger partial charge in [-0.25, -0.2) is 0 Å². The molecule has 2 heterocycles. The van der Waals surface area contributed by atoms with Crippen LogP contribution in [-0.4, -0.2) is 28.8 Å². The Morgan fingerprint density at radius 1 is 1.71 bits per heavy atom. The molecule has 17 heavy (non-hydrogen) atoms. The van der Waals surface area contributed by atoms with Gasteiger partial charge in [0.25, 0.3) is 0 Å². The Balaban J connectivity index is 1.99. The summed E-state index contributed by atoms with van der Waals surface area (Å²) in [6.45, 7) is 2.24. The number of carboxylic acid groups (broad SMARTS) is 1. The number of aliphatic carboxylic acids is 1. The van der Waals surface area contributed by atoms with Crippen LogP contribution in [0.3, 0.4) is 0 Å². The molecule has 0 radical (unpaired) electrons. The van der Waals surface area contributed by atoms with Crippen molar-refractivity contribution >= 4 is 5.97 Å². The number of aromatic nitrogens is 1. The quantitative estimate of drug-likeness (QED) is 0.860. The van der Waals surface area contributed by atoms with Gasteiger partial charge in [-0.15, -0.1) is 0 Å². The van der Waals surface area contributed by atoms with E-state index in [-0.39, 0.29) is 12.5 Å². The Morgan fingerprint density at radius 2 is 2.53 bits per heavy atom. The highest BCUT2D eigenvalue weighted by atomic mass is 16.7. The van der Waals surface area contributed by atoms with Crippen molar-refractivity contribution in [3.63, 3.8) is 0 Å². The van der Waals surface area contributed by atoms with Crippen LogP contribution in [0.1, 0.15) is 25.3 Å². The average molecular weight is 237 g/mol. The number of hydrogen-bond acceptors (Lipinski definition) is 4. The predicted molar refractivity (Wildman–Crippen MR) is 59.3 cm³/mol. The van der Waals surface area contributed by atoms with Crippen LogP contribution in [0.2, 0.25) is 0 Å². The van der Waals surface area contributed by atoms with Gasteiger partial charge in [-0.1, -0.05) is 6.07 Å². The molecule has 2 unspecified atom stereocenters. The van der Waals surface area contributed by atoms with Crippen LogP contribution in [0.5, 0.6) is 0 Å². The molecule has 1 saturated heterocycles. The van der Waals surface area contributed by atoms with Gasteiger partial charge in [0.15, 0.2) is 5.79 Å². The molecule has 92 valence electrons. The van der Waals surface area contributed by atoms with E-state index in [0.717, 1.165) is 5.56 Å². The lowest BCUT2D eigenvalue weighted by Gasteiger charge is -2.23. The number of hydrogen-bond donors (Lipinski definition) is 1. The Hall–Kier alpha value is -1.46. The lowest BCUT2D eigenvalue weighted by atomic mass is 10.1. The van der Waals surface area contributed by atoms with E-state index >= 15 is 0 Å². The van der Waals surface area contributed by atoms with Gasteiger partial charge in [0.1, 0.15) is 0 Å². The first-order valence-corrected chi connectivity index (χ1v) is 5.54. The molecule has 2 atom stereocenters. The molecule has 5 nitrogen and oxygen atoms in total. The fourth-order valence-electron chi connectivity index (χ4n) is 1.85. The van der Waals surface area contributed by atoms with Crippen molar-refractivity contribution in [1.82, 2.24) is 4.98 Å². The fourth-order valence-corrected chi connectivity index (χ4v) is 1.85. The lowest BCUT2D eigenvalue weighted by molar-refractivity contribution is -0.163. The van der Waals surface area contributed by atoms with Gasteiger partial charge in [-0.2, -0.15) is 0 Å². The van der Waals surface area contributed by atoms with E-state index < -0.39 is 11.8 Å². The summed E-state index contributed by atoms with van der Waals surface area (Å²) in [4.78, 5) is 14.5. The first-order chi connectivity index (χ1) is 8.10. The van der Waals surface area contributed by atoms with E-state index in [9.17, 15) is 4.79 Å². The molecule has 1 aromatic heterocycles. The van der Waals surface area contributed by atoms with Crippen LogP contribution in [0.4, 0.5) is 0 Å². The number of pyridine rings is 1. The van der Waals surface area contributed by atoms with Gasteiger partial charge in [0, 0.05) is 24.4 Å². The molecule has 1 aliphatic heterocycles. The highest BCUT2D eigenvalue weighted by molar-refractivity contribution is 5.66. The van der Waals surface area contributed by atoms with Crippen molar-refractivity contribution in [2.75, 3.05) is 6.61 Å². The van der Waals surface area contributed by atoms with Gasteiger partial charge in [0.05, 0.1) is 12.7 Å². The molecule has 5 heteroatoms. The zero-order valence-electron chi connectivity index (χ0n) is 9.63. The van der Waals surface area contributed by atoms with Crippen LogP contribution in [0.15, 0.2) is 24.5 Å². The van der Waals surface area contributed by atoms with E-state index in [1.165, 1.54) is 0 Å². The summed E-state index contributed by atoms with van der Waals surface area (Å²) in [5.74, 6) is -1.62. The zero-order chi connectivity index (χ0) is 12.3. The molecule has 1 fully saturated rings. The maximum absolute atomic E-state index is 10.5. The number of carbonyl (C=O) groups is 1. The summed E-state index contributed by atoms with van der Waals surface area (Å²) in [7, 11) is 0. The summed E-state index contributed by atoms with van der Waals surface area (Å²) in [6, 6.07) is 3.70. The third-order valence-corrected chi connectivity index (χ3v) is 2.80. The van der Waals surface area contributed by atoms with Crippen molar-refractivity contribution in [3.8, 4) is 0 Å². The fraction of sp³-hybridized carbons (Fsp3) is 0.500. The lowest BCUT2D eigenvalue weighted by Crippen LogP contribution is -2.24. The molecule has 1 aromatic rings. The SMILES string of the molecule is CC1(c2cccnc2)OCC(CCC(=O)O)O1. The number of rotatable bonds is 4. The third kappa shape index (κ3) is 2.81. The summed E-state index contributed by atoms with van der Waals surface area (Å²) < 4.78 is 11.4. The molecule has 0 saturated carbocycles. The van der Waals surface area contributed by atoms with Crippen LogP contribution in [-0.2, 0) is 20.1 Å². The summed E-state index contributed by atoms with van der Waals surface area (Å²) in [6.07, 6.45) is 3.77. The standard InChI is InChI=1S/C12H15NO4/c1-12(9-3-2-6-13-7-9)16-8-10(17-12)4-5-11(14)15/h2-3,6-7,10H,4-5,8H2,1H3,(H,14,15). The smallest absolute Gasteiger partial charge is 0.303 e. The first kappa shape index (κ1) is 12.0.